The largest absolute Gasteiger partial charge is 0.493 e. The summed E-state index contributed by atoms with van der Waals surface area (Å²) in [5.41, 5.74) is 1.24. The first-order chi connectivity index (χ1) is 9.14. The number of hydrogen-bond donors (Lipinski definition) is 1. The van der Waals surface area contributed by atoms with Crippen LogP contribution in [0.5, 0.6) is 5.75 Å². The second-order valence-electron chi connectivity index (χ2n) is 5.38. The fraction of sp³-hybridized carbons (Fsp3) is 0.571. The van der Waals surface area contributed by atoms with E-state index in [1.807, 2.05) is 18.2 Å². The van der Waals surface area contributed by atoms with Gasteiger partial charge in [0.1, 0.15) is 5.75 Å². The van der Waals surface area contributed by atoms with Crippen molar-refractivity contribution < 1.29 is 13.2 Å². The number of hydrogen-bond acceptors (Lipinski definition) is 4. The summed E-state index contributed by atoms with van der Waals surface area (Å²) >= 11 is 0. The Kier molecular flexibility index (Phi) is 3.50. The van der Waals surface area contributed by atoms with Crippen LogP contribution in [-0.4, -0.2) is 39.1 Å². The molecule has 0 amide bonds. The van der Waals surface area contributed by atoms with Crippen molar-refractivity contribution in [2.45, 2.75) is 24.8 Å². The van der Waals surface area contributed by atoms with E-state index in [9.17, 15) is 8.42 Å². The number of benzene rings is 1. The van der Waals surface area contributed by atoms with Gasteiger partial charge in [0.15, 0.2) is 9.84 Å². The second-order valence-corrected chi connectivity index (χ2v) is 7.61. The summed E-state index contributed by atoms with van der Waals surface area (Å²) in [4.78, 5) is 0. The molecule has 2 atom stereocenters. The van der Waals surface area contributed by atoms with Gasteiger partial charge < -0.3 is 10.1 Å². The predicted molar refractivity (Wildman–Crippen MR) is 74.4 cm³/mol. The average Bonchev–Trinajstić information content (AvgIpc) is 2.76. The summed E-state index contributed by atoms with van der Waals surface area (Å²) in [6.07, 6.45) is 1.73. The zero-order chi connectivity index (χ0) is 13.3. The maximum absolute atomic E-state index is 11.4. The Hall–Kier alpha value is -1.07. The smallest absolute Gasteiger partial charge is 0.151 e. The molecule has 2 aliphatic heterocycles. The normalized spacial score (nSPS) is 28.6. The molecule has 0 saturated carbocycles. The summed E-state index contributed by atoms with van der Waals surface area (Å²) in [5, 5.41) is 3.41. The van der Waals surface area contributed by atoms with Gasteiger partial charge in [-0.3, -0.25) is 0 Å². The fourth-order valence-corrected chi connectivity index (χ4v) is 4.60. The van der Waals surface area contributed by atoms with Gasteiger partial charge in [-0.2, -0.15) is 0 Å². The van der Waals surface area contributed by atoms with Crippen LogP contribution in [0.4, 0.5) is 0 Å². The van der Waals surface area contributed by atoms with Gasteiger partial charge in [-0.15, -0.1) is 0 Å². The van der Waals surface area contributed by atoms with Gasteiger partial charge in [-0.05, 0) is 24.5 Å². The topological polar surface area (TPSA) is 55.4 Å². The Labute approximate surface area is 114 Å². The van der Waals surface area contributed by atoms with E-state index < -0.39 is 9.84 Å². The van der Waals surface area contributed by atoms with Gasteiger partial charge in [-0.25, -0.2) is 8.42 Å². The van der Waals surface area contributed by atoms with Gasteiger partial charge >= 0.3 is 0 Å². The highest BCUT2D eigenvalue weighted by Crippen LogP contribution is 2.32. The first-order valence-electron chi connectivity index (χ1n) is 6.79. The minimum absolute atomic E-state index is 0.125. The first kappa shape index (κ1) is 12.9. The lowest BCUT2D eigenvalue weighted by molar-refractivity contribution is 0.263. The van der Waals surface area contributed by atoms with E-state index in [1.165, 1.54) is 5.56 Å². The molecular formula is C14H19NO3S. The molecule has 1 saturated heterocycles. The average molecular weight is 281 g/mol. The Balaban J connectivity index is 1.63. The molecule has 0 spiro atoms. The van der Waals surface area contributed by atoms with Crippen molar-refractivity contribution in [1.29, 1.82) is 0 Å². The Morgan fingerprint density at radius 2 is 2.11 bits per heavy atom. The van der Waals surface area contributed by atoms with Gasteiger partial charge in [-0.1, -0.05) is 18.2 Å². The summed E-state index contributed by atoms with van der Waals surface area (Å²) in [7, 11) is -2.80. The van der Waals surface area contributed by atoms with Crippen molar-refractivity contribution in [1.82, 2.24) is 5.32 Å². The number of rotatable bonds is 3. The molecule has 0 aromatic heterocycles. The molecule has 1 aromatic carbocycles. The van der Waals surface area contributed by atoms with E-state index in [0.717, 1.165) is 31.7 Å². The monoisotopic (exact) mass is 281 g/mol. The number of sulfone groups is 1. The Morgan fingerprint density at radius 1 is 1.26 bits per heavy atom. The molecule has 1 aromatic rings. The first-order valence-corrected chi connectivity index (χ1v) is 8.62. The van der Waals surface area contributed by atoms with E-state index in [0.29, 0.717) is 11.7 Å². The lowest BCUT2D eigenvalue weighted by Crippen LogP contribution is -2.34. The summed E-state index contributed by atoms with van der Waals surface area (Å²) in [6, 6.07) is 8.24. The van der Waals surface area contributed by atoms with Crippen LogP contribution in [0.25, 0.3) is 0 Å². The number of fused-ring (bicyclic) bond motifs is 1. The van der Waals surface area contributed by atoms with Crippen LogP contribution >= 0.6 is 0 Å². The minimum Gasteiger partial charge on any atom is -0.493 e. The zero-order valence-electron chi connectivity index (χ0n) is 10.8. The lowest BCUT2D eigenvalue weighted by atomic mass is 9.93. The predicted octanol–water partition coefficient (Wildman–Crippen LogP) is 1.33. The second kappa shape index (κ2) is 5.13. The van der Waals surface area contributed by atoms with E-state index in [2.05, 4.69) is 11.4 Å². The van der Waals surface area contributed by atoms with Crippen LogP contribution in [0, 0.1) is 0 Å². The fourth-order valence-electron chi connectivity index (χ4n) is 2.89. The third-order valence-electron chi connectivity index (χ3n) is 3.97. The third kappa shape index (κ3) is 2.92. The highest BCUT2D eigenvalue weighted by atomic mass is 32.2. The van der Waals surface area contributed by atoms with Crippen LogP contribution in [0.15, 0.2) is 24.3 Å². The van der Waals surface area contributed by atoms with E-state index in [1.54, 1.807) is 0 Å². The van der Waals surface area contributed by atoms with E-state index >= 15 is 0 Å². The van der Waals surface area contributed by atoms with Crippen molar-refractivity contribution in [2.24, 2.45) is 0 Å². The van der Waals surface area contributed by atoms with Gasteiger partial charge in [0.2, 0.25) is 0 Å². The van der Waals surface area contributed by atoms with Gasteiger partial charge in [0.05, 0.1) is 18.1 Å². The third-order valence-corrected chi connectivity index (χ3v) is 5.74. The van der Waals surface area contributed by atoms with Crippen LogP contribution in [0.3, 0.4) is 0 Å². The van der Waals surface area contributed by atoms with Gasteiger partial charge in [0, 0.05) is 18.5 Å². The zero-order valence-corrected chi connectivity index (χ0v) is 11.7. The van der Waals surface area contributed by atoms with Crippen molar-refractivity contribution in [3.8, 4) is 5.75 Å². The summed E-state index contributed by atoms with van der Waals surface area (Å²) in [5.74, 6) is 2.01. The number of para-hydroxylation sites is 1. The quantitative estimate of drug-likeness (QED) is 0.908. The van der Waals surface area contributed by atoms with Crippen LogP contribution in [0.2, 0.25) is 0 Å². The van der Waals surface area contributed by atoms with Crippen molar-refractivity contribution >= 4 is 9.84 Å². The molecule has 2 heterocycles. The highest BCUT2D eigenvalue weighted by Gasteiger charge is 2.29. The summed E-state index contributed by atoms with van der Waals surface area (Å²) in [6.45, 7) is 1.58. The van der Waals surface area contributed by atoms with E-state index in [-0.39, 0.29) is 11.8 Å². The number of nitrogens with one attached hydrogen (secondary N) is 1. The molecule has 3 rings (SSSR count). The van der Waals surface area contributed by atoms with Crippen LogP contribution in [0.1, 0.15) is 24.3 Å². The Bertz CT molecular complexity index is 556. The highest BCUT2D eigenvalue weighted by molar-refractivity contribution is 7.91. The van der Waals surface area contributed by atoms with Crippen molar-refractivity contribution in [3.05, 3.63) is 29.8 Å². The molecule has 0 aliphatic carbocycles. The molecule has 104 valence electrons. The molecule has 19 heavy (non-hydrogen) atoms. The molecule has 0 radical (unpaired) electrons. The minimum atomic E-state index is -2.80. The maximum atomic E-state index is 11.4. The molecule has 1 N–H and O–H groups in total. The van der Waals surface area contributed by atoms with Crippen molar-refractivity contribution in [3.63, 3.8) is 0 Å². The molecular weight excluding hydrogens is 262 g/mol. The molecule has 2 aliphatic rings. The van der Waals surface area contributed by atoms with Crippen LogP contribution < -0.4 is 10.1 Å². The standard InChI is InChI=1S/C14H19NO3S/c16-19(17)8-6-12(10-19)15-9-11-5-7-18-14-4-2-1-3-13(11)14/h1-4,11-12,15H,5-10H2. The Morgan fingerprint density at radius 3 is 2.89 bits per heavy atom. The SMILES string of the molecule is O=S1(=O)CCC(NCC2CCOc3ccccc32)C1. The maximum Gasteiger partial charge on any atom is 0.151 e. The van der Waals surface area contributed by atoms with E-state index in [4.69, 9.17) is 4.74 Å². The molecule has 0 bridgehead atoms. The van der Waals surface area contributed by atoms with Crippen LogP contribution in [-0.2, 0) is 9.84 Å². The molecule has 2 unspecified atom stereocenters. The molecule has 4 nitrogen and oxygen atoms in total. The lowest BCUT2D eigenvalue weighted by Gasteiger charge is -2.27. The van der Waals surface area contributed by atoms with Gasteiger partial charge in [0.25, 0.3) is 0 Å². The molecule has 1 fully saturated rings. The summed E-state index contributed by atoms with van der Waals surface area (Å²) < 4.78 is 28.5. The number of ether oxygens (including phenoxy) is 1. The van der Waals surface area contributed by atoms with Crippen molar-refractivity contribution in [2.75, 3.05) is 24.7 Å². The molecule has 5 heteroatoms.